The fraction of sp³-hybridized carbons (Fsp3) is 0. The van der Waals surface area contributed by atoms with Crippen molar-refractivity contribution in [1.29, 1.82) is 0 Å². The summed E-state index contributed by atoms with van der Waals surface area (Å²) in [5.74, 6) is -2.34. The summed E-state index contributed by atoms with van der Waals surface area (Å²) < 4.78 is 0. The van der Waals surface area contributed by atoms with Crippen LogP contribution in [0.15, 0.2) is 46.6 Å². The summed E-state index contributed by atoms with van der Waals surface area (Å²) in [4.78, 5) is 21.9. The highest BCUT2D eigenvalue weighted by molar-refractivity contribution is 5.95. The summed E-state index contributed by atoms with van der Waals surface area (Å²) in [6.45, 7) is 0. The Balaban J connectivity index is 2.33. The monoisotopic (exact) mass is 300 g/mol. The molecular formula is C14H12N4O4. The van der Waals surface area contributed by atoms with Crippen LogP contribution >= 0.6 is 0 Å². The van der Waals surface area contributed by atoms with E-state index in [1.165, 1.54) is 36.4 Å². The van der Waals surface area contributed by atoms with Gasteiger partial charge in [0.25, 0.3) is 0 Å². The molecule has 0 amide bonds. The molecule has 8 nitrogen and oxygen atoms in total. The third kappa shape index (κ3) is 3.18. The van der Waals surface area contributed by atoms with Crippen LogP contribution in [0.25, 0.3) is 0 Å². The van der Waals surface area contributed by atoms with Crippen LogP contribution in [0.1, 0.15) is 20.7 Å². The summed E-state index contributed by atoms with van der Waals surface area (Å²) in [5.41, 5.74) is 11.7. The standard InChI is InChI=1S/C14H12N4O4/c15-11-3-1-7(5-9(11)13(19)20)17-18-8-2-4-12(16)10(6-8)14(21)22/h1-6H,15-16H2,(H,19,20)(H,21,22). The number of hydrogen-bond donors (Lipinski definition) is 4. The van der Waals surface area contributed by atoms with Crippen LogP contribution in [0.5, 0.6) is 0 Å². The van der Waals surface area contributed by atoms with E-state index < -0.39 is 11.9 Å². The quantitative estimate of drug-likeness (QED) is 0.503. The third-order valence-electron chi connectivity index (χ3n) is 2.82. The van der Waals surface area contributed by atoms with Gasteiger partial charge in [-0.25, -0.2) is 9.59 Å². The molecule has 0 atom stereocenters. The minimum Gasteiger partial charge on any atom is -0.478 e. The summed E-state index contributed by atoms with van der Waals surface area (Å²) in [6, 6.07) is 8.36. The molecular weight excluding hydrogens is 288 g/mol. The molecule has 0 aliphatic rings. The molecule has 0 aliphatic heterocycles. The van der Waals surface area contributed by atoms with Gasteiger partial charge < -0.3 is 21.7 Å². The van der Waals surface area contributed by atoms with Crippen LogP contribution in [0.3, 0.4) is 0 Å². The number of anilines is 2. The summed E-state index contributed by atoms with van der Waals surface area (Å²) in [5, 5.41) is 25.7. The maximum absolute atomic E-state index is 11.0. The van der Waals surface area contributed by atoms with E-state index in [0.29, 0.717) is 0 Å². The van der Waals surface area contributed by atoms with Gasteiger partial charge in [-0.1, -0.05) is 0 Å². The van der Waals surface area contributed by atoms with E-state index in [1.807, 2.05) is 0 Å². The van der Waals surface area contributed by atoms with Crippen molar-refractivity contribution in [2.75, 3.05) is 11.5 Å². The number of aromatic carboxylic acids is 2. The summed E-state index contributed by atoms with van der Waals surface area (Å²) in [7, 11) is 0. The van der Waals surface area contributed by atoms with E-state index in [9.17, 15) is 9.59 Å². The van der Waals surface area contributed by atoms with Crippen molar-refractivity contribution < 1.29 is 19.8 Å². The van der Waals surface area contributed by atoms with Crippen molar-refractivity contribution >= 4 is 34.7 Å². The zero-order chi connectivity index (χ0) is 16.3. The normalized spacial score (nSPS) is 10.7. The lowest BCUT2D eigenvalue weighted by atomic mass is 10.1. The van der Waals surface area contributed by atoms with Crippen molar-refractivity contribution in [2.45, 2.75) is 0 Å². The molecule has 0 spiro atoms. The highest BCUT2D eigenvalue weighted by atomic mass is 16.4. The average molecular weight is 300 g/mol. The molecule has 0 unspecified atom stereocenters. The Morgan fingerprint density at radius 1 is 0.773 bits per heavy atom. The van der Waals surface area contributed by atoms with Gasteiger partial charge in [0.2, 0.25) is 0 Å². The van der Waals surface area contributed by atoms with Gasteiger partial charge in [0.1, 0.15) is 0 Å². The number of nitrogen functional groups attached to an aromatic ring is 2. The number of azo groups is 1. The molecule has 6 N–H and O–H groups in total. The molecule has 0 heterocycles. The molecule has 0 aromatic heterocycles. The lowest BCUT2D eigenvalue weighted by Crippen LogP contribution is -2.01. The van der Waals surface area contributed by atoms with Crippen LogP contribution < -0.4 is 11.5 Å². The predicted molar refractivity (Wildman–Crippen MR) is 79.8 cm³/mol. The van der Waals surface area contributed by atoms with Gasteiger partial charge in [-0.2, -0.15) is 10.2 Å². The van der Waals surface area contributed by atoms with Gasteiger partial charge in [-0.15, -0.1) is 0 Å². The average Bonchev–Trinajstić information content (AvgIpc) is 2.47. The number of nitrogens with two attached hydrogens (primary N) is 2. The second kappa shape index (κ2) is 5.92. The smallest absolute Gasteiger partial charge is 0.337 e. The maximum Gasteiger partial charge on any atom is 0.337 e. The van der Waals surface area contributed by atoms with Crippen LogP contribution in [0, 0.1) is 0 Å². The zero-order valence-corrected chi connectivity index (χ0v) is 11.2. The highest BCUT2D eigenvalue weighted by Gasteiger charge is 2.09. The second-order valence-electron chi connectivity index (χ2n) is 4.35. The molecule has 8 heteroatoms. The molecule has 2 aromatic rings. The fourth-order valence-electron chi connectivity index (χ4n) is 1.70. The number of rotatable bonds is 4. The Labute approximate surface area is 124 Å². The summed E-state index contributed by atoms with van der Waals surface area (Å²) >= 11 is 0. The summed E-state index contributed by atoms with van der Waals surface area (Å²) in [6.07, 6.45) is 0. The van der Waals surface area contributed by atoms with Gasteiger partial charge in [0.05, 0.1) is 22.5 Å². The lowest BCUT2D eigenvalue weighted by Gasteiger charge is -2.02. The first-order chi connectivity index (χ1) is 10.4. The van der Waals surface area contributed by atoms with Crippen molar-refractivity contribution in [3.63, 3.8) is 0 Å². The highest BCUT2D eigenvalue weighted by Crippen LogP contribution is 2.25. The van der Waals surface area contributed by atoms with E-state index in [4.69, 9.17) is 21.7 Å². The second-order valence-corrected chi connectivity index (χ2v) is 4.35. The Morgan fingerprint density at radius 2 is 1.14 bits per heavy atom. The molecule has 112 valence electrons. The molecule has 0 saturated carbocycles. The Bertz CT molecular complexity index is 721. The molecule has 2 rings (SSSR count). The third-order valence-corrected chi connectivity index (χ3v) is 2.82. The first-order valence-corrected chi connectivity index (χ1v) is 6.06. The van der Waals surface area contributed by atoms with E-state index >= 15 is 0 Å². The molecule has 0 fully saturated rings. The van der Waals surface area contributed by atoms with Gasteiger partial charge >= 0.3 is 11.9 Å². The van der Waals surface area contributed by atoms with Gasteiger partial charge in [-0.05, 0) is 36.4 Å². The fourth-order valence-corrected chi connectivity index (χ4v) is 1.70. The first-order valence-electron chi connectivity index (χ1n) is 6.06. The van der Waals surface area contributed by atoms with Crippen molar-refractivity contribution in [3.05, 3.63) is 47.5 Å². The molecule has 2 aromatic carbocycles. The Hall–Kier alpha value is -3.42. The number of hydrogen-bond acceptors (Lipinski definition) is 6. The molecule has 22 heavy (non-hydrogen) atoms. The van der Waals surface area contributed by atoms with Crippen molar-refractivity contribution in [1.82, 2.24) is 0 Å². The largest absolute Gasteiger partial charge is 0.478 e. The van der Waals surface area contributed by atoms with Crippen LogP contribution in [-0.4, -0.2) is 22.2 Å². The van der Waals surface area contributed by atoms with Crippen LogP contribution in [-0.2, 0) is 0 Å². The lowest BCUT2D eigenvalue weighted by molar-refractivity contribution is 0.0687. The maximum atomic E-state index is 11.0. The number of carboxylic acid groups (broad SMARTS) is 2. The van der Waals surface area contributed by atoms with Crippen LogP contribution in [0.4, 0.5) is 22.7 Å². The van der Waals surface area contributed by atoms with Crippen molar-refractivity contribution in [3.8, 4) is 0 Å². The minimum absolute atomic E-state index is 0.0834. The molecule has 0 radical (unpaired) electrons. The van der Waals surface area contributed by atoms with E-state index in [-0.39, 0.29) is 33.9 Å². The Morgan fingerprint density at radius 3 is 1.45 bits per heavy atom. The van der Waals surface area contributed by atoms with E-state index in [0.717, 1.165) is 0 Å². The van der Waals surface area contributed by atoms with E-state index in [2.05, 4.69) is 10.2 Å². The first kappa shape index (κ1) is 15.0. The van der Waals surface area contributed by atoms with Gasteiger partial charge in [0, 0.05) is 11.4 Å². The molecule has 0 aliphatic carbocycles. The number of carbonyl (C=O) groups is 2. The minimum atomic E-state index is -1.17. The van der Waals surface area contributed by atoms with E-state index in [1.54, 1.807) is 0 Å². The number of carboxylic acids is 2. The molecule has 0 bridgehead atoms. The van der Waals surface area contributed by atoms with Gasteiger partial charge in [-0.3, -0.25) is 0 Å². The van der Waals surface area contributed by atoms with Gasteiger partial charge in [0.15, 0.2) is 0 Å². The number of benzene rings is 2. The van der Waals surface area contributed by atoms with Crippen molar-refractivity contribution in [2.24, 2.45) is 10.2 Å². The zero-order valence-electron chi connectivity index (χ0n) is 11.2. The predicted octanol–water partition coefficient (Wildman–Crippen LogP) is 2.66. The topological polar surface area (TPSA) is 151 Å². The molecule has 0 saturated heterocycles. The van der Waals surface area contributed by atoms with Crippen LogP contribution in [0.2, 0.25) is 0 Å². The Kier molecular flexibility index (Phi) is 4.03. The number of nitrogens with zero attached hydrogens (tertiary/aromatic N) is 2. The SMILES string of the molecule is Nc1ccc(N=Nc2ccc(N)c(C(=O)O)c2)cc1C(=O)O.